The second kappa shape index (κ2) is 4.39. The molecule has 0 aromatic rings. The molecule has 5 heteroatoms. The SMILES string of the molecule is COC1CC(NCC2CCS(=O)(=O)C2)C1. The number of hydrogen-bond acceptors (Lipinski definition) is 4. The highest BCUT2D eigenvalue weighted by atomic mass is 32.2. The first kappa shape index (κ1) is 11.4. The Labute approximate surface area is 91.3 Å². The maximum absolute atomic E-state index is 11.2. The van der Waals surface area contributed by atoms with Crippen LogP contribution in [0.15, 0.2) is 0 Å². The molecule has 2 rings (SSSR count). The Bertz CT molecular complexity index is 309. The first-order chi connectivity index (χ1) is 7.09. The topological polar surface area (TPSA) is 55.4 Å². The number of sulfone groups is 1. The van der Waals surface area contributed by atoms with Gasteiger partial charge in [-0.2, -0.15) is 0 Å². The molecular formula is C10H19NO3S. The van der Waals surface area contributed by atoms with Gasteiger partial charge in [0.1, 0.15) is 0 Å². The summed E-state index contributed by atoms with van der Waals surface area (Å²) >= 11 is 0. The van der Waals surface area contributed by atoms with Crippen molar-refractivity contribution < 1.29 is 13.2 Å². The summed E-state index contributed by atoms with van der Waals surface area (Å²) in [6.45, 7) is 0.848. The molecule has 88 valence electrons. The van der Waals surface area contributed by atoms with Crippen LogP contribution in [0.4, 0.5) is 0 Å². The van der Waals surface area contributed by atoms with Crippen molar-refractivity contribution in [3.05, 3.63) is 0 Å². The quantitative estimate of drug-likeness (QED) is 0.753. The summed E-state index contributed by atoms with van der Waals surface area (Å²) in [6, 6.07) is 0.540. The van der Waals surface area contributed by atoms with E-state index in [-0.39, 0.29) is 0 Å². The maximum Gasteiger partial charge on any atom is 0.150 e. The fourth-order valence-electron chi connectivity index (χ4n) is 2.29. The molecule has 1 saturated carbocycles. The molecule has 0 aromatic carbocycles. The van der Waals surface area contributed by atoms with Gasteiger partial charge in [-0.1, -0.05) is 0 Å². The normalized spacial score (nSPS) is 38.9. The summed E-state index contributed by atoms with van der Waals surface area (Å²) in [6.07, 6.45) is 3.37. The minimum atomic E-state index is -2.71. The molecule has 1 saturated heterocycles. The Morgan fingerprint density at radius 3 is 2.67 bits per heavy atom. The van der Waals surface area contributed by atoms with Gasteiger partial charge in [-0.25, -0.2) is 8.42 Å². The molecule has 0 aromatic heterocycles. The first-order valence-corrected chi connectivity index (χ1v) is 7.38. The van der Waals surface area contributed by atoms with Gasteiger partial charge in [-0.3, -0.25) is 0 Å². The molecule has 2 fully saturated rings. The van der Waals surface area contributed by atoms with Gasteiger partial charge in [0.05, 0.1) is 17.6 Å². The van der Waals surface area contributed by atoms with Gasteiger partial charge in [-0.15, -0.1) is 0 Å². The summed E-state index contributed by atoms with van der Waals surface area (Å²) in [7, 11) is -0.972. The third-order valence-corrected chi connectivity index (χ3v) is 5.29. The third kappa shape index (κ3) is 2.92. The predicted molar refractivity (Wildman–Crippen MR) is 58.6 cm³/mol. The number of rotatable bonds is 4. The van der Waals surface area contributed by atoms with E-state index in [0.29, 0.717) is 29.6 Å². The highest BCUT2D eigenvalue weighted by Gasteiger charge is 2.31. The van der Waals surface area contributed by atoms with Crippen LogP contribution in [0.5, 0.6) is 0 Å². The van der Waals surface area contributed by atoms with Crippen molar-refractivity contribution in [3.8, 4) is 0 Å². The number of methoxy groups -OCH3 is 1. The van der Waals surface area contributed by atoms with Gasteiger partial charge in [0.25, 0.3) is 0 Å². The first-order valence-electron chi connectivity index (χ1n) is 5.55. The lowest BCUT2D eigenvalue weighted by Crippen LogP contribution is -2.46. The van der Waals surface area contributed by atoms with Gasteiger partial charge in [0.15, 0.2) is 9.84 Å². The van der Waals surface area contributed by atoms with Crippen molar-refractivity contribution >= 4 is 9.84 Å². The van der Waals surface area contributed by atoms with Crippen LogP contribution in [0.1, 0.15) is 19.3 Å². The summed E-state index contributed by atoms with van der Waals surface area (Å²) in [5.74, 6) is 1.09. The van der Waals surface area contributed by atoms with Crippen molar-refractivity contribution in [2.75, 3.05) is 25.2 Å². The summed E-state index contributed by atoms with van der Waals surface area (Å²) in [4.78, 5) is 0. The van der Waals surface area contributed by atoms with Gasteiger partial charge < -0.3 is 10.1 Å². The molecule has 1 unspecified atom stereocenters. The summed E-state index contributed by atoms with van der Waals surface area (Å²) < 4.78 is 27.6. The van der Waals surface area contributed by atoms with Crippen LogP contribution in [0.2, 0.25) is 0 Å². The van der Waals surface area contributed by atoms with Gasteiger partial charge >= 0.3 is 0 Å². The summed E-state index contributed by atoms with van der Waals surface area (Å²) in [5.41, 5.74) is 0. The second-order valence-corrected chi connectivity index (χ2v) is 6.93. The molecule has 15 heavy (non-hydrogen) atoms. The van der Waals surface area contributed by atoms with Gasteiger partial charge in [-0.05, 0) is 31.7 Å². The smallest absolute Gasteiger partial charge is 0.150 e. The molecule has 2 aliphatic rings. The predicted octanol–water partition coefficient (Wildman–Crippen LogP) is 0.188. The average Bonchev–Trinajstić information content (AvgIpc) is 2.43. The van der Waals surface area contributed by atoms with Crippen LogP contribution in [0, 0.1) is 5.92 Å². The van der Waals surface area contributed by atoms with E-state index in [0.717, 1.165) is 25.8 Å². The number of ether oxygens (including phenoxy) is 1. The Balaban J connectivity index is 1.64. The van der Waals surface area contributed by atoms with Crippen LogP contribution < -0.4 is 5.32 Å². The zero-order valence-corrected chi connectivity index (χ0v) is 9.92. The minimum Gasteiger partial charge on any atom is -0.381 e. The molecule has 0 radical (unpaired) electrons. The van der Waals surface area contributed by atoms with Crippen LogP contribution >= 0.6 is 0 Å². The lowest BCUT2D eigenvalue weighted by molar-refractivity contribution is 0.0167. The molecule has 1 heterocycles. The average molecular weight is 233 g/mol. The van der Waals surface area contributed by atoms with Gasteiger partial charge in [0, 0.05) is 13.2 Å². The Morgan fingerprint density at radius 1 is 1.40 bits per heavy atom. The van der Waals surface area contributed by atoms with E-state index in [4.69, 9.17) is 4.74 Å². The van der Waals surface area contributed by atoms with E-state index >= 15 is 0 Å². The molecule has 1 atom stereocenters. The zero-order valence-electron chi connectivity index (χ0n) is 9.11. The van der Waals surface area contributed by atoms with E-state index in [1.54, 1.807) is 7.11 Å². The molecule has 4 nitrogen and oxygen atoms in total. The lowest BCUT2D eigenvalue weighted by atomic mass is 9.89. The van der Waals surface area contributed by atoms with Crippen molar-refractivity contribution in [3.63, 3.8) is 0 Å². The Kier molecular flexibility index (Phi) is 3.33. The van der Waals surface area contributed by atoms with Crippen LogP contribution in [0.25, 0.3) is 0 Å². The molecule has 1 aliphatic carbocycles. The summed E-state index contributed by atoms with van der Waals surface area (Å²) in [5, 5.41) is 3.42. The molecular weight excluding hydrogens is 214 g/mol. The zero-order chi connectivity index (χ0) is 10.9. The lowest BCUT2D eigenvalue weighted by Gasteiger charge is -2.35. The van der Waals surface area contributed by atoms with Crippen LogP contribution in [-0.2, 0) is 14.6 Å². The van der Waals surface area contributed by atoms with Crippen LogP contribution in [0.3, 0.4) is 0 Å². The third-order valence-electron chi connectivity index (χ3n) is 3.45. The van der Waals surface area contributed by atoms with E-state index in [1.165, 1.54) is 0 Å². The molecule has 0 spiro atoms. The standard InChI is InChI=1S/C10H19NO3S/c1-14-10-4-9(5-10)11-6-8-2-3-15(12,13)7-8/h8-11H,2-7H2,1H3. The van der Waals surface area contributed by atoms with E-state index in [9.17, 15) is 8.42 Å². The monoisotopic (exact) mass is 233 g/mol. The highest BCUT2D eigenvalue weighted by molar-refractivity contribution is 7.91. The van der Waals surface area contributed by atoms with Crippen molar-refractivity contribution in [2.45, 2.75) is 31.4 Å². The Hall–Kier alpha value is -0.130. The van der Waals surface area contributed by atoms with Crippen molar-refractivity contribution in [1.29, 1.82) is 0 Å². The molecule has 0 amide bonds. The van der Waals surface area contributed by atoms with Crippen molar-refractivity contribution in [2.24, 2.45) is 5.92 Å². The van der Waals surface area contributed by atoms with E-state index < -0.39 is 9.84 Å². The second-order valence-electron chi connectivity index (χ2n) is 4.70. The van der Waals surface area contributed by atoms with Crippen molar-refractivity contribution in [1.82, 2.24) is 5.32 Å². The van der Waals surface area contributed by atoms with Gasteiger partial charge in [0.2, 0.25) is 0 Å². The number of hydrogen-bond donors (Lipinski definition) is 1. The number of nitrogens with one attached hydrogen (secondary N) is 1. The molecule has 1 aliphatic heterocycles. The fourth-order valence-corrected chi connectivity index (χ4v) is 4.15. The van der Waals surface area contributed by atoms with E-state index in [1.807, 2.05) is 0 Å². The Morgan fingerprint density at radius 2 is 2.13 bits per heavy atom. The maximum atomic E-state index is 11.2. The van der Waals surface area contributed by atoms with Crippen LogP contribution in [-0.4, -0.2) is 45.7 Å². The largest absolute Gasteiger partial charge is 0.381 e. The molecule has 1 N–H and O–H groups in total. The highest BCUT2D eigenvalue weighted by Crippen LogP contribution is 2.24. The molecule has 0 bridgehead atoms. The fraction of sp³-hybridized carbons (Fsp3) is 1.00. The minimum absolute atomic E-state index is 0.330. The van der Waals surface area contributed by atoms with E-state index in [2.05, 4.69) is 5.32 Å².